The minimum atomic E-state index is -2.88. The zero-order chi connectivity index (χ0) is 13.5. The highest BCUT2D eigenvalue weighted by molar-refractivity contribution is 5.72. The van der Waals surface area contributed by atoms with E-state index in [1.54, 1.807) is 18.1 Å². The highest BCUT2D eigenvalue weighted by Gasteiger charge is 2.17. The quantitative estimate of drug-likeness (QED) is 0.723. The van der Waals surface area contributed by atoms with Gasteiger partial charge in [0.1, 0.15) is 6.10 Å². The van der Waals surface area contributed by atoms with Crippen molar-refractivity contribution >= 4 is 6.21 Å². The van der Waals surface area contributed by atoms with E-state index in [9.17, 15) is 8.78 Å². The van der Waals surface area contributed by atoms with Crippen LogP contribution in [0.3, 0.4) is 0 Å². The molecule has 18 heavy (non-hydrogen) atoms. The van der Waals surface area contributed by atoms with Gasteiger partial charge >= 0.3 is 6.61 Å². The smallest absolute Gasteiger partial charge is 0.302 e. The second-order valence-corrected chi connectivity index (χ2v) is 4.00. The van der Waals surface area contributed by atoms with Crippen molar-refractivity contribution in [3.05, 3.63) is 23.4 Å². The lowest BCUT2D eigenvalue weighted by atomic mass is 10.0. The number of allylic oxidation sites excluding steroid dienone is 2. The van der Waals surface area contributed by atoms with Crippen LogP contribution in [0.15, 0.2) is 28.5 Å². The zero-order valence-corrected chi connectivity index (χ0v) is 10.4. The van der Waals surface area contributed by atoms with E-state index in [1.807, 2.05) is 13.1 Å². The molecule has 0 N–H and O–H groups in total. The fraction of sp³-hybridized carbons (Fsp3) is 0.462. The summed E-state index contributed by atoms with van der Waals surface area (Å²) in [6.45, 7) is -0.927. The van der Waals surface area contributed by atoms with Gasteiger partial charge in [0.25, 0.3) is 0 Å². The first-order chi connectivity index (χ1) is 8.52. The Balaban J connectivity index is 2.87. The summed E-state index contributed by atoms with van der Waals surface area (Å²) in [5, 5.41) is 5.74. The third-order valence-corrected chi connectivity index (χ3v) is 2.48. The average molecular weight is 254 g/mol. The number of halogens is 2. The molecule has 0 aromatic heterocycles. The summed E-state index contributed by atoms with van der Waals surface area (Å²) in [5.41, 5.74) is 1.72. The van der Waals surface area contributed by atoms with Crippen LogP contribution in [0.25, 0.3) is 0 Å². The first-order valence-corrected chi connectivity index (χ1v) is 5.56. The molecule has 3 nitrogen and oxygen atoms in total. The van der Waals surface area contributed by atoms with Gasteiger partial charge < -0.3 is 4.74 Å². The van der Waals surface area contributed by atoms with Crippen molar-refractivity contribution in [2.45, 2.75) is 32.5 Å². The number of nitrogens with zero attached hydrogens (tertiary/aromatic N) is 2. The Labute approximate surface area is 106 Å². The van der Waals surface area contributed by atoms with Crippen molar-refractivity contribution in [1.82, 2.24) is 5.01 Å². The molecule has 0 fully saturated rings. The number of hydrazone groups is 1. The van der Waals surface area contributed by atoms with E-state index in [0.29, 0.717) is 12.0 Å². The van der Waals surface area contributed by atoms with Crippen molar-refractivity contribution in [3.63, 3.8) is 0 Å². The van der Waals surface area contributed by atoms with Crippen LogP contribution in [0.2, 0.25) is 0 Å². The molecular weight excluding hydrogens is 238 g/mol. The third-order valence-electron chi connectivity index (χ3n) is 2.48. The molecule has 0 saturated carbocycles. The predicted octanol–water partition coefficient (Wildman–Crippen LogP) is 2.77. The van der Waals surface area contributed by atoms with Crippen LogP contribution in [-0.4, -0.2) is 31.0 Å². The fourth-order valence-corrected chi connectivity index (χ4v) is 1.63. The molecule has 1 heterocycles. The number of hydrogen-bond acceptors (Lipinski definition) is 3. The largest absolute Gasteiger partial charge is 0.346 e. The van der Waals surface area contributed by atoms with Gasteiger partial charge in [-0.2, -0.15) is 13.9 Å². The lowest BCUT2D eigenvalue weighted by Gasteiger charge is -2.15. The number of rotatable bonds is 3. The Morgan fingerprint density at radius 2 is 2.22 bits per heavy atom. The SMILES string of the molecule is C#CC(OC(F)F)/C1=C/C=N/N(C)/C=C(\C)CC1. The molecule has 1 rings (SSSR count). The molecule has 0 spiro atoms. The standard InChI is InChI=1S/C13H16F2N2O/c1-4-12(18-13(14)15)11-6-5-10(2)9-17(3)16-8-7-11/h1,7-9,12-13H,5-6H2,2-3H3/b10-9+,11-7+,16-8+. The predicted molar refractivity (Wildman–Crippen MR) is 67.0 cm³/mol. The minimum Gasteiger partial charge on any atom is -0.302 e. The van der Waals surface area contributed by atoms with E-state index < -0.39 is 12.7 Å². The van der Waals surface area contributed by atoms with Crippen LogP contribution in [0.4, 0.5) is 8.78 Å². The molecule has 5 heteroatoms. The molecule has 1 unspecified atom stereocenters. The molecular formula is C13H16F2N2O. The van der Waals surface area contributed by atoms with Crippen LogP contribution in [-0.2, 0) is 4.74 Å². The molecule has 0 aromatic rings. The van der Waals surface area contributed by atoms with Crippen LogP contribution < -0.4 is 0 Å². The Morgan fingerprint density at radius 3 is 2.83 bits per heavy atom. The van der Waals surface area contributed by atoms with Gasteiger partial charge in [0.05, 0.1) is 0 Å². The van der Waals surface area contributed by atoms with E-state index >= 15 is 0 Å². The maximum Gasteiger partial charge on any atom is 0.346 e. The summed E-state index contributed by atoms with van der Waals surface area (Å²) >= 11 is 0. The highest BCUT2D eigenvalue weighted by Crippen LogP contribution is 2.19. The second-order valence-electron chi connectivity index (χ2n) is 4.00. The van der Waals surface area contributed by atoms with E-state index in [4.69, 9.17) is 6.42 Å². The number of terminal acetylenes is 1. The summed E-state index contributed by atoms with van der Waals surface area (Å²) in [6, 6.07) is 0. The molecule has 0 aliphatic carbocycles. The van der Waals surface area contributed by atoms with Crippen LogP contribution >= 0.6 is 0 Å². The lowest BCUT2D eigenvalue weighted by Crippen LogP contribution is -2.17. The Kier molecular flexibility index (Phi) is 5.53. The molecule has 0 radical (unpaired) electrons. The summed E-state index contributed by atoms with van der Waals surface area (Å²) in [7, 11) is 1.80. The molecule has 0 bridgehead atoms. The monoisotopic (exact) mass is 254 g/mol. The third kappa shape index (κ3) is 4.68. The average Bonchev–Trinajstić information content (AvgIpc) is 2.37. The van der Waals surface area contributed by atoms with Gasteiger partial charge in [-0.15, -0.1) is 6.42 Å². The molecule has 0 amide bonds. The van der Waals surface area contributed by atoms with Crippen molar-refractivity contribution in [2.75, 3.05) is 7.05 Å². The number of ether oxygens (including phenoxy) is 1. The first kappa shape index (κ1) is 14.4. The van der Waals surface area contributed by atoms with Gasteiger partial charge in [0, 0.05) is 19.5 Å². The molecule has 1 aliphatic heterocycles. The Morgan fingerprint density at radius 1 is 1.50 bits per heavy atom. The summed E-state index contributed by atoms with van der Waals surface area (Å²) < 4.78 is 28.9. The molecule has 1 aliphatic rings. The summed E-state index contributed by atoms with van der Waals surface area (Å²) in [5.74, 6) is 2.23. The number of alkyl halides is 2. The topological polar surface area (TPSA) is 24.8 Å². The molecule has 0 aromatic carbocycles. The van der Waals surface area contributed by atoms with Gasteiger partial charge in [-0.25, -0.2) is 0 Å². The van der Waals surface area contributed by atoms with Gasteiger partial charge in [-0.05, 0) is 31.4 Å². The van der Waals surface area contributed by atoms with Crippen molar-refractivity contribution in [3.8, 4) is 12.3 Å². The molecule has 98 valence electrons. The van der Waals surface area contributed by atoms with Crippen LogP contribution in [0.5, 0.6) is 0 Å². The normalized spacial score (nSPS) is 25.9. The lowest BCUT2D eigenvalue weighted by molar-refractivity contribution is -0.139. The zero-order valence-electron chi connectivity index (χ0n) is 10.4. The van der Waals surface area contributed by atoms with E-state index in [-0.39, 0.29) is 0 Å². The van der Waals surface area contributed by atoms with Crippen molar-refractivity contribution < 1.29 is 13.5 Å². The highest BCUT2D eigenvalue weighted by atomic mass is 19.3. The Bertz CT molecular complexity index is 408. The van der Waals surface area contributed by atoms with E-state index in [1.165, 1.54) is 6.21 Å². The van der Waals surface area contributed by atoms with Gasteiger partial charge in [-0.3, -0.25) is 5.01 Å². The first-order valence-electron chi connectivity index (χ1n) is 5.56. The number of hydrogen-bond donors (Lipinski definition) is 0. The van der Waals surface area contributed by atoms with Gasteiger partial charge in [0.2, 0.25) is 0 Å². The maximum atomic E-state index is 12.2. The van der Waals surface area contributed by atoms with E-state index in [2.05, 4.69) is 15.8 Å². The van der Waals surface area contributed by atoms with E-state index in [0.717, 1.165) is 12.0 Å². The fourth-order valence-electron chi connectivity index (χ4n) is 1.63. The van der Waals surface area contributed by atoms with Crippen molar-refractivity contribution in [1.29, 1.82) is 0 Å². The van der Waals surface area contributed by atoms with Crippen molar-refractivity contribution in [2.24, 2.45) is 5.10 Å². The van der Waals surface area contributed by atoms with Gasteiger partial charge in [-0.1, -0.05) is 11.5 Å². The maximum absolute atomic E-state index is 12.2. The minimum absolute atomic E-state index is 0.573. The van der Waals surface area contributed by atoms with Gasteiger partial charge in [0.15, 0.2) is 0 Å². The molecule has 0 saturated heterocycles. The second kappa shape index (κ2) is 6.92. The Hall–Kier alpha value is -1.67. The molecule has 1 atom stereocenters. The van der Waals surface area contributed by atoms with Crippen LogP contribution in [0, 0.1) is 12.3 Å². The van der Waals surface area contributed by atoms with Crippen LogP contribution in [0.1, 0.15) is 19.8 Å². The summed E-state index contributed by atoms with van der Waals surface area (Å²) in [4.78, 5) is 0. The summed E-state index contributed by atoms with van der Waals surface area (Å²) in [6.07, 6.45) is 10.6.